The van der Waals surface area contributed by atoms with Crippen molar-refractivity contribution in [3.8, 4) is 0 Å². The third kappa shape index (κ3) is 3.74. The molecule has 0 bridgehead atoms. The molecule has 1 aromatic carbocycles. The average Bonchev–Trinajstić information content (AvgIpc) is 3.27. The molecule has 0 radical (unpaired) electrons. The van der Waals surface area contributed by atoms with Crippen LogP contribution in [0.2, 0.25) is 0 Å². The minimum atomic E-state index is -0.198. The Hall–Kier alpha value is -1.13. The highest BCUT2D eigenvalue weighted by molar-refractivity contribution is 5.85. The van der Waals surface area contributed by atoms with Crippen molar-refractivity contribution in [1.29, 1.82) is 0 Å². The predicted molar refractivity (Wildman–Crippen MR) is 83.2 cm³/mol. The maximum absolute atomic E-state index is 13.3. The summed E-state index contributed by atoms with van der Waals surface area (Å²) in [6.07, 6.45) is 4.08. The second kappa shape index (κ2) is 6.75. The van der Waals surface area contributed by atoms with E-state index in [9.17, 15) is 9.18 Å². The molecule has 2 aliphatic rings. The molecule has 1 saturated heterocycles. The molecular weight excluding hydrogens is 291 g/mol. The topological polar surface area (TPSA) is 41.1 Å². The maximum Gasteiger partial charge on any atom is 0.224 e. The summed E-state index contributed by atoms with van der Waals surface area (Å²) >= 11 is 0. The summed E-state index contributed by atoms with van der Waals surface area (Å²) < 4.78 is 13.3. The normalized spacial score (nSPS) is 23.0. The maximum atomic E-state index is 13.3. The van der Waals surface area contributed by atoms with Crippen LogP contribution in [-0.4, -0.2) is 25.5 Å². The van der Waals surface area contributed by atoms with E-state index < -0.39 is 0 Å². The van der Waals surface area contributed by atoms with Crippen LogP contribution in [0.5, 0.6) is 0 Å². The van der Waals surface area contributed by atoms with E-state index in [4.69, 9.17) is 0 Å². The summed E-state index contributed by atoms with van der Waals surface area (Å²) in [5.74, 6) is 0.0310. The number of carbonyl (C=O) groups is 1. The largest absolute Gasteiger partial charge is 0.355 e. The lowest BCUT2D eigenvalue weighted by Crippen LogP contribution is -2.42. The number of halogens is 2. The molecule has 1 heterocycles. The predicted octanol–water partition coefficient (Wildman–Crippen LogP) is 2.39. The van der Waals surface area contributed by atoms with E-state index in [-0.39, 0.29) is 35.5 Å². The molecule has 2 N–H and O–H groups in total. The molecule has 0 spiro atoms. The van der Waals surface area contributed by atoms with Crippen LogP contribution in [0.25, 0.3) is 0 Å². The molecule has 0 aromatic heterocycles. The van der Waals surface area contributed by atoms with Crippen molar-refractivity contribution in [2.24, 2.45) is 5.92 Å². The summed E-state index contributed by atoms with van der Waals surface area (Å²) in [4.78, 5) is 12.1. The number of hydrogen-bond donors (Lipinski definition) is 2. The van der Waals surface area contributed by atoms with E-state index in [2.05, 4.69) is 10.6 Å². The van der Waals surface area contributed by atoms with Gasteiger partial charge in [-0.2, -0.15) is 0 Å². The first-order valence-corrected chi connectivity index (χ1v) is 7.44. The Morgan fingerprint density at radius 2 is 2.24 bits per heavy atom. The summed E-state index contributed by atoms with van der Waals surface area (Å²) in [5.41, 5.74) is 0.986. The number of hydrogen-bond acceptors (Lipinski definition) is 2. The van der Waals surface area contributed by atoms with Gasteiger partial charge in [0.2, 0.25) is 5.91 Å². The highest BCUT2D eigenvalue weighted by Crippen LogP contribution is 2.47. The first-order valence-electron chi connectivity index (χ1n) is 7.44. The van der Waals surface area contributed by atoms with Gasteiger partial charge in [-0.15, -0.1) is 12.4 Å². The lowest BCUT2D eigenvalue weighted by molar-refractivity contribution is -0.125. The zero-order valence-corrected chi connectivity index (χ0v) is 12.8. The van der Waals surface area contributed by atoms with Crippen molar-refractivity contribution in [1.82, 2.24) is 10.6 Å². The van der Waals surface area contributed by atoms with Gasteiger partial charge in [0.05, 0.1) is 5.92 Å². The van der Waals surface area contributed by atoms with Gasteiger partial charge in [-0.3, -0.25) is 4.79 Å². The molecular formula is C16H22ClFN2O. The second-order valence-corrected chi connectivity index (χ2v) is 6.05. The van der Waals surface area contributed by atoms with Crippen LogP contribution >= 0.6 is 12.4 Å². The third-order valence-corrected chi connectivity index (χ3v) is 4.56. The number of rotatable bonds is 4. The van der Waals surface area contributed by atoms with Crippen molar-refractivity contribution >= 4 is 18.3 Å². The van der Waals surface area contributed by atoms with E-state index in [1.165, 1.54) is 6.07 Å². The van der Waals surface area contributed by atoms with Gasteiger partial charge in [0, 0.05) is 18.5 Å². The summed E-state index contributed by atoms with van der Waals surface area (Å²) in [5, 5.41) is 6.33. The molecule has 3 rings (SSSR count). The molecule has 1 amide bonds. The number of benzene rings is 1. The Morgan fingerprint density at radius 1 is 1.43 bits per heavy atom. The molecule has 1 unspecified atom stereocenters. The molecule has 1 aliphatic carbocycles. The van der Waals surface area contributed by atoms with E-state index in [0.717, 1.165) is 44.3 Å². The fraction of sp³-hybridized carbons (Fsp3) is 0.562. The van der Waals surface area contributed by atoms with Gasteiger partial charge < -0.3 is 10.6 Å². The van der Waals surface area contributed by atoms with Crippen LogP contribution in [0.4, 0.5) is 4.39 Å². The first-order chi connectivity index (χ1) is 9.70. The molecule has 2 fully saturated rings. The summed E-state index contributed by atoms with van der Waals surface area (Å²) in [6.45, 7) is 2.42. The monoisotopic (exact) mass is 312 g/mol. The molecule has 1 aromatic rings. The van der Waals surface area contributed by atoms with Crippen molar-refractivity contribution < 1.29 is 9.18 Å². The van der Waals surface area contributed by atoms with Gasteiger partial charge in [-0.1, -0.05) is 12.1 Å². The van der Waals surface area contributed by atoms with Crippen LogP contribution < -0.4 is 10.6 Å². The Bertz CT molecular complexity index is 499. The zero-order chi connectivity index (χ0) is 14.0. The average molecular weight is 313 g/mol. The lowest BCUT2D eigenvalue weighted by Gasteiger charge is -2.24. The first kappa shape index (κ1) is 16.2. The number of piperidine rings is 1. The van der Waals surface area contributed by atoms with Crippen LogP contribution in [0.3, 0.4) is 0 Å². The quantitative estimate of drug-likeness (QED) is 0.896. The molecule has 116 valence electrons. The molecule has 1 aliphatic heterocycles. The van der Waals surface area contributed by atoms with Gasteiger partial charge in [0.1, 0.15) is 5.82 Å². The molecule has 3 nitrogen and oxygen atoms in total. The number of amides is 1. The fourth-order valence-corrected chi connectivity index (χ4v) is 3.01. The smallest absolute Gasteiger partial charge is 0.224 e. The van der Waals surface area contributed by atoms with E-state index in [0.29, 0.717) is 6.54 Å². The highest BCUT2D eigenvalue weighted by atomic mass is 35.5. The minimum Gasteiger partial charge on any atom is -0.355 e. The van der Waals surface area contributed by atoms with Gasteiger partial charge in [0.15, 0.2) is 0 Å². The lowest BCUT2D eigenvalue weighted by atomic mass is 9.94. The van der Waals surface area contributed by atoms with Crippen LogP contribution in [0.1, 0.15) is 31.2 Å². The Kier molecular flexibility index (Phi) is 5.22. The minimum absolute atomic E-state index is 0. The zero-order valence-electron chi connectivity index (χ0n) is 12.0. The van der Waals surface area contributed by atoms with Crippen molar-refractivity contribution in [2.75, 3.05) is 19.6 Å². The second-order valence-electron chi connectivity index (χ2n) is 6.05. The standard InChI is InChI=1S/C16H21FN2O.ClH/c17-14-5-1-4-13(9-14)16(6-7-16)11-19-15(20)12-3-2-8-18-10-12;/h1,4-5,9,12,18H,2-3,6-8,10-11H2,(H,19,20);1H. The van der Waals surface area contributed by atoms with Crippen molar-refractivity contribution in [3.63, 3.8) is 0 Å². The molecule has 1 saturated carbocycles. The third-order valence-electron chi connectivity index (χ3n) is 4.56. The summed E-state index contributed by atoms with van der Waals surface area (Å²) in [7, 11) is 0. The van der Waals surface area contributed by atoms with E-state index in [1.54, 1.807) is 12.1 Å². The van der Waals surface area contributed by atoms with Gasteiger partial charge in [0.25, 0.3) is 0 Å². The Labute approximate surface area is 131 Å². The Morgan fingerprint density at radius 3 is 2.86 bits per heavy atom. The Balaban J connectivity index is 0.00000161. The van der Waals surface area contributed by atoms with Crippen LogP contribution in [0.15, 0.2) is 24.3 Å². The number of nitrogens with one attached hydrogen (secondary N) is 2. The van der Waals surface area contributed by atoms with E-state index >= 15 is 0 Å². The van der Waals surface area contributed by atoms with Gasteiger partial charge in [-0.25, -0.2) is 4.39 Å². The van der Waals surface area contributed by atoms with Gasteiger partial charge >= 0.3 is 0 Å². The molecule has 1 atom stereocenters. The molecule has 21 heavy (non-hydrogen) atoms. The van der Waals surface area contributed by atoms with Gasteiger partial charge in [-0.05, 0) is 49.9 Å². The fourth-order valence-electron chi connectivity index (χ4n) is 3.01. The number of carbonyl (C=O) groups excluding carboxylic acids is 1. The van der Waals surface area contributed by atoms with Crippen LogP contribution in [0, 0.1) is 11.7 Å². The summed E-state index contributed by atoms with van der Waals surface area (Å²) in [6, 6.07) is 6.77. The van der Waals surface area contributed by atoms with Crippen LogP contribution in [-0.2, 0) is 10.2 Å². The van der Waals surface area contributed by atoms with E-state index in [1.807, 2.05) is 6.07 Å². The van der Waals surface area contributed by atoms with Crippen molar-refractivity contribution in [2.45, 2.75) is 31.1 Å². The van der Waals surface area contributed by atoms with Crippen molar-refractivity contribution in [3.05, 3.63) is 35.6 Å². The highest BCUT2D eigenvalue weighted by Gasteiger charge is 2.44. The SMILES string of the molecule is Cl.O=C(NCC1(c2cccc(F)c2)CC1)C1CCCNC1. The molecule has 5 heteroatoms.